The van der Waals surface area contributed by atoms with Crippen LogP contribution in [0, 0.1) is 13.8 Å². The van der Waals surface area contributed by atoms with Crippen molar-refractivity contribution in [1.82, 2.24) is 0 Å². The molecule has 8 rings (SSSR count). The Morgan fingerprint density at radius 2 is 0.459 bits per heavy atom. The molecule has 0 unspecified atom stereocenters. The van der Waals surface area contributed by atoms with E-state index in [1.165, 1.54) is 21.9 Å². The predicted molar refractivity (Wildman–Crippen MR) is 358 cm³/mol. The van der Waals surface area contributed by atoms with Gasteiger partial charge in [0.05, 0.1) is 0 Å². The number of hydrogen-bond acceptors (Lipinski definition) is 0. The van der Waals surface area contributed by atoms with E-state index in [2.05, 4.69) is 241 Å². The fraction of sp³-hybridized carbons (Fsp3) is 0.576. The Morgan fingerprint density at radius 3 is 0.689 bits per heavy atom. The summed E-state index contributed by atoms with van der Waals surface area (Å²) >= 11 is 1.81. The normalized spacial score (nSPS) is 13.9. The molecule has 4 aromatic heterocycles. The number of benzene rings is 4. The molecule has 0 atom stereocenters. The first kappa shape index (κ1) is 60.9. The molecule has 0 bridgehead atoms. The van der Waals surface area contributed by atoms with Crippen LogP contribution in [0.1, 0.15) is 177 Å². The van der Waals surface area contributed by atoms with Crippen LogP contribution in [0.2, 0.25) is 66.5 Å². The summed E-state index contributed by atoms with van der Waals surface area (Å²) in [7, 11) is -6.42. The first-order valence-electron chi connectivity index (χ1n) is 29.2. The number of aryl methyl sites for hydroxylation is 2. The van der Waals surface area contributed by atoms with E-state index >= 15 is 0 Å². The average molecular weight is 1320 g/mol. The third kappa shape index (κ3) is 9.43. The molecule has 0 aliphatic heterocycles. The topological polar surface area (TPSA) is 0 Å². The molecular formula is C66H100Se4Si4. The van der Waals surface area contributed by atoms with Crippen molar-refractivity contribution < 1.29 is 0 Å². The molecule has 74 heavy (non-hydrogen) atoms. The van der Waals surface area contributed by atoms with Gasteiger partial charge in [0.25, 0.3) is 0 Å². The standard InChI is InChI=1S/C34H52Se2Si2.C32H48Se2Si2/c1-19(2)37(20(3)4,21(5)6)31-17-27-25(13)15-30-29(33(27)35-31)16-26(14)28-18-32(36-34(28)30)38(22(7)8,23(9)10)24(11)12;1-19(2)35(20(3)4,21(5)6)29-17-25-13-15-28-27(31(25)33-29)16-14-26-18-30(34-32(26)28)36(22(7)8,23(9)10)24(11)12/h15-24H,1-14H3;13-24H,1-12H3. The van der Waals surface area contributed by atoms with Crippen LogP contribution in [0.25, 0.3) is 60.1 Å². The van der Waals surface area contributed by atoms with Gasteiger partial charge in [0.2, 0.25) is 0 Å². The van der Waals surface area contributed by atoms with Gasteiger partial charge < -0.3 is 0 Å². The second-order valence-electron chi connectivity index (χ2n) is 27.1. The van der Waals surface area contributed by atoms with E-state index in [1.54, 1.807) is 49.4 Å². The number of fused-ring (bicyclic) bond motifs is 10. The van der Waals surface area contributed by atoms with E-state index in [9.17, 15) is 0 Å². The molecule has 8 aromatic rings. The summed E-state index contributed by atoms with van der Waals surface area (Å²) in [4.78, 5) is 0. The van der Waals surface area contributed by atoms with Crippen LogP contribution in [-0.4, -0.2) is 90.3 Å². The summed E-state index contributed by atoms with van der Waals surface area (Å²) in [5.41, 5.74) is 12.4. The molecule has 0 radical (unpaired) electrons. The molecule has 0 N–H and O–H groups in total. The molecule has 4 heterocycles. The molecule has 0 aliphatic carbocycles. The molecule has 0 saturated heterocycles. The first-order chi connectivity index (χ1) is 34.4. The van der Waals surface area contributed by atoms with Crippen LogP contribution >= 0.6 is 0 Å². The van der Waals surface area contributed by atoms with Crippen LogP contribution in [0.3, 0.4) is 0 Å². The predicted octanol–water partition coefficient (Wildman–Crippen LogP) is 18.7. The van der Waals surface area contributed by atoms with Crippen LogP contribution in [-0.2, 0) is 0 Å². The molecule has 0 nitrogen and oxygen atoms in total. The quantitative estimate of drug-likeness (QED) is 0.0846. The Morgan fingerprint density at radius 1 is 0.243 bits per heavy atom. The van der Waals surface area contributed by atoms with Gasteiger partial charge in [-0.3, -0.25) is 0 Å². The minimum absolute atomic E-state index is 0.444. The van der Waals surface area contributed by atoms with E-state index in [-0.39, 0.29) is 0 Å². The van der Waals surface area contributed by atoms with Gasteiger partial charge in [0.1, 0.15) is 0 Å². The average Bonchev–Trinajstić information content (AvgIpc) is 4.09. The third-order valence-corrected chi connectivity index (χ3v) is 66.4. The zero-order valence-corrected chi connectivity index (χ0v) is 62.2. The van der Waals surface area contributed by atoms with Crippen molar-refractivity contribution >= 4 is 167 Å². The van der Waals surface area contributed by atoms with Gasteiger partial charge in [-0.1, -0.05) is 0 Å². The fourth-order valence-electron chi connectivity index (χ4n) is 17.6. The second-order valence-corrected chi connectivity index (χ2v) is 62.6. The molecule has 0 aliphatic rings. The third-order valence-electron chi connectivity index (χ3n) is 20.1. The van der Waals surface area contributed by atoms with Crippen molar-refractivity contribution in [3.63, 3.8) is 0 Å². The monoisotopic (exact) mass is 1320 g/mol. The van der Waals surface area contributed by atoms with E-state index in [1.807, 2.05) is 16.2 Å². The zero-order valence-electron chi connectivity index (χ0n) is 51.3. The number of rotatable bonds is 16. The molecule has 0 spiro atoms. The Labute approximate surface area is 480 Å². The maximum absolute atomic E-state index is 2.71. The van der Waals surface area contributed by atoms with E-state index < -0.39 is 32.3 Å². The Kier molecular flexibility index (Phi) is 18.7. The van der Waals surface area contributed by atoms with E-state index in [0.717, 1.165) is 66.5 Å². The number of hydrogen-bond donors (Lipinski definition) is 0. The van der Waals surface area contributed by atoms with Gasteiger partial charge in [0, 0.05) is 0 Å². The van der Waals surface area contributed by atoms with Crippen molar-refractivity contribution in [3.05, 3.63) is 71.8 Å². The molecule has 8 heteroatoms. The Hall–Kier alpha value is -0.695. The minimum atomic E-state index is -1.62. The van der Waals surface area contributed by atoms with Crippen molar-refractivity contribution in [2.24, 2.45) is 0 Å². The van der Waals surface area contributed by atoms with Crippen molar-refractivity contribution in [2.45, 2.75) is 247 Å². The van der Waals surface area contributed by atoms with Crippen LogP contribution in [0.15, 0.2) is 60.7 Å². The zero-order chi connectivity index (χ0) is 55.2. The molecular weight excluding hydrogens is 1220 g/mol. The summed E-state index contributed by atoms with van der Waals surface area (Å²) in [5, 5.41) is 12.6. The van der Waals surface area contributed by atoms with Crippen LogP contribution in [0.4, 0.5) is 0 Å². The van der Waals surface area contributed by atoms with Crippen molar-refractivity contribution in [2.75, 3.05) is 0 Å². The summed E-state index contributed by atoms with van der Waals surface area (Å²) in [5.74, 6) is 0. The summed E-state index contributed by atoms with van der Waals surface area (Å²) in [6, 6.07) is 25.9. The van der Waals surface area contributed by atoms with Crippen molar-refractivity contribution in [3.8, 4) is 0 Å². The van der Waals surface area contributed by atoms with Crippen molar-refractivity contribution in [1.29, 1.82) is 0 Å². The maximum atomic E-state index is 2.71. The van der Waals surface area contributed by atoms with Gasteiger partial charge in [-0.05, 0) is 0 Å². The summed E-state index contributed by atoms with van der Waals surface area (Å²) in [6.07, 6.45) is 0. The molecule has 0 fully saturated rings. The van der Waals surface area contributed by atoms with E-state index in [4.69, 9.17) is 0 Å². The van der Waals surface area contributed by atoms with Gasteiger partial charge >= 0.3 is 485 Å². The van der Waals surface area contributed by atoms with E-state index in [0.29, 0.717) is 58.0 Å². The summed E-state index contributed by atoms with van der Waals surface area (Å²) < 4.78 is 14.3. The molecule has 4 aromatic carbocycles. The molecule has 0 saturated carbocycles. The molecule has 404 valence electrons. The van der Waals surface area contributed by atoms with Crippen LogP contribution < -0.4 is 16.2 Å². The van der Waals surface area contributed by atoms with Gasteiger partial charge in [0.15, 0.2) is 0 Å². The molecule has 0 amide bonds. The first-order valence-corrected chi connectivity index (χ1v) is 45.0. The van der Waals surface area contributed by atoms with Gasteiger partial charge in [-0.25, -0.2) is 0 Å². The Bertz CT molecular complexity index is 2960. The Balaban J connectivity index is 0.000000217. The van der Waals surface area contributed by atoms with Gasteiger partial charge in [-0.15, -0.1) is 0 Å². The second kappa shape index (κ2) is 22.7. The van der Waals surface area contributed by atoms with Gasteiger partial charge in [-0.2, -0.15) is 0 Å². The SMILES string of the molecule is CC(C)[Si](c1cc2ccc3c(ccc4cc([Si](C(C)C)(C(C)C)C(C)C)[se]c43)c2[se]1)(C(C)C)C(C)C.Cc1cc2c(cc(C)c3cc([Si](C(C)C)(C(C)C)C(C)C)[se]c32)c2[se]c([Si](C(C)C)(C(C)C)C(C)C)cc12. The summed E-state index contributed by atoms with van der Waals surface area (Å²) in [6.45, 7) is 65.3. The fourth-order valence-corrected chi connectivity index (χ4v) is 75.2. The van der Waals surface area contributed by atoms with Crippen LogP contribution in [0.5, 0.6) is 0 Å².